The highest BCUT2D eigenvalue weighted by Crippen LogP contribution is 2.29. The molecule has 5 nitrogen and oxygen atoms in total. The number of carbonyl (C=O) groups excluding carboxylic acids is 1. The van der Waals surface area contributed by atoms with Gasteiger partial charge in [0.2, 0.25) is 5.91 Å². The van der Waals surface area contributed by atoms with Gasteiger partial charge in [0.25, 0.3) is 0 Å². The Labute approximate surface area is 173 Å². The van der Waals surface area contributed by atoms with Crippen molar-refractivity contribution in [3.05, 3.63) is 60.4 Å². The van der Waals surface area contributed by atoms with Crippen molar-refractivity contribution < 1.29 is 9.18 Å². The van der Waals surface area contributed by atoms with Crippen molar-refractivity contribution in [1.29, 1.82) is 0 Å². The van der Waals surface area contributed by atoms with E-state index in [1.165, 1.54) is 37.1 Å². The van der Waals surface area contributed by atoms with Crippen LogP contribution in [0.4, 0.5) is 4.39 Å². The van der Waals surface area contributed by atoms with E-state index in [0.717, 1.165) is 18.5 Å². The van der Waals surface area contributed by atoms with Gasteiger partial charge >= 0.3 is 0 Å². The van der Waals surface area contributed by atoms with Crippen molar-refractivity contribution in [3.63, 3.8) is 0 Å². The molecule has 0 aliphatic heterocycles. The molecule has 0 radical (unpaired) electrons. The van der Waals surface area contributed by atoms with E-state index in [9.17, 15) is 9.18 Å². The Morgan fingerprint density at radius 2 is 1.76 bits per heavy atom. The average Bonchev–Trinajstić information content (AvgIpc) is 3.18. The molecule has 0 unspecified atom stereocenters. The fraction of sp³-hybridized carbons (Fsp3) is 0.318. The molecule has 1 heterocycles. The predicted molar refractivity (Wildman–Crippen MR) is 112 cm³/mol. The molecule has 1 aliphatic carbocycles. The zero-order chi connectivity index (χ0) is 20.1. The summed E-state index contributed by atoms with van der Waals surface area (Å²) in [4.78, 5) is 12.4. The van der Waals surface area contributed by atoms with Crippen molar-refractivity contribution in [2.24, 2.45) is 0 Å². The van der Waals surface area contributed by atoms with Gasteiger partial charge in [-0.05, 0) is 37.1 Å². The number of nitrogens with one attached hydrogen (secondary N) is 1. The highest BCUT2D eigenvalue weighted by atomic mass is 32.2. The number of halogens is 1. The molecule has 2 aromatic carbocycles. The second-order valence-electron chi connectivity index (χ2n) is 7.15. The molecule has 1 aliphatic rings. The summed E-state index contributed by atoms with van der Waals surface area (Å²) in [5, 5.41) is 12.2. The summed E-state index contributed by atoms with van der Waals surface area (Å²) >= 11 is 1.31. The monoisotopic (exact) mass is 410 g/mol. The van der Waals surface area contributed by atoms with Gasteiger partial charge in [0.05, 0.1) is 11.3 Å². The van der Waals surface area contributed by atoms with Crippen LogP contribution in [0.1, 0.15) is 32.1 Å². The number of aromatic nitrogens is 3. The lowest BCUT2D eigenvalue weighted by atomic mass is 9.95. The standard InChI is InChI=1S/C22H23FN4OS/c23-19-14-8-7-13-18(19)21-25-26-22(27(21)17-11-5-2-6-12-17)29-15-20(28)24-16-9-3-1-4-10-16/h2,5-8,11-14,16H,1,3-4,9-10,15H2,(H,24,28). The minimum Gasteiger partial charge on any atom is -0.353 e. The number of thioether (sulfide) groups is 1. The summed E-state index contributed by atoms with van der Waals surface area (Å²) < 4.78 is 16.2. The first-order valence-electron chi connectivity index (χ1n) is 9.90. The lowest BCUT2D eigenvalue weighted by Crippen LogP contribution is -2.37. The maximum Gasteiger partial charge on any atom is 0.230 e. The molecule has 0 bridgehead atoms. The molecule has 1 N–H and O–H groups in total. The first-order chi connectivity index (χ1) is 14.2. The van der Waals surface area contributed by atoms with E-state index in [4.69, 9.17) is 0 Å². The van der Waals surface area contributed by atoms with Crippen LogP contribution in [0.3, 0.4) is 0 Å². The molecule has 7 heteroatoms. The second-order valence-corrected chi connectivity index (χ2v) is 8.09. The fourth-order valence-corrected chi connectivity index (χ4v) is 4.40. The molecule has 0 atom stereocenters. The number of hydrogen-bond donors (Lipinski definition) is 1. The summed E-state index contributed by atoms with van der Waals surface area (Å²) in [6.07, 6.45) is 5.70. The minimum atomic E-state index is -0.358. The maximum atomic E-state index is 14.4. The predicted octanol–water partition coefficient (Wildman–Crippen LogP) is 4.61. The quantitative estimate of drug-likeness (QED) is 0.603. The normalized spacial score (nSPS) is 14.7. The number of benzene rings is 2. The molecule has 0 saturated heterocycles. The van der Waals surface area contributed by atoms with Crippen molar-refractivity contribution in [3.8, 4) is 17.1 Å². The van der Waals surface area contributed by atoms with Crippen LogP contribution in [-0.4, -0.2) is 32.5 Å². The molecule has 0 spiro atoms. The van der Waals surface area contributed by atoms with Gasteiger partial charge in [-0.15, -0.1) is 10.2 Å². The molecule has 1 saturated carbocycles. The lowest BCUT2D eigenvalue weighted by molar-refractivity contribution is -0.119. The van der Waals surface area contributed by atoms with Crippen molar-refractivity contribution in [2.45, 2.75) is 43.3 Å². The van der Waals surface area contributed by atoms with E-state index < -0.39 is 0 Å². The molecule has 4 rings (SSSR count). The van der Waals surface area contributed by atoms with Crippen LogP contribution >= 0.6 is 11.8 Å². The van der Waals surface area contributed by atoms with Crippen LogP contribution < -0.4 is 5.32 Å². The SMILES string of the molecule is O=C(CSc1nnc(-c2ccccc2F)n1-c1ccccc1)NC1CCCCC1. The van der Waals surface area contributed by atoms with Gasteiger partial charge in [-0.25, -0.2) is 4.39 Å². The van der Waals surface area contributed by atoms with Gasteiger partial charge in [-0.2, -0.15) is 0 Å². The first kappa shape index (κ1) is 19.6. The van der Waals surface area contributed by atoms with Crippen LogP contribution in [0.5, 0.6) is 0 Å². The largest absolute Gasteiger partial charge is 0.353 e. The fourth-order valence-electron chi connectivity index (χ4n) is 3.64. The molecule has 1 aromatic heterocycles. The highest BCUT2D eigenvalue weighted by molar-refractivity contribution is 7.99. The lowest BCUT2D eigenvalue weighted by Gasteiger charge is -2.22. The van der Waals surface area contributed by atoms with E-state index in [1.54, 1.807) is 22.8 Å². The number of para-hydroxylation sites is 1. The van der Waals surface area contributed by atoms with Crippen molar-refractivity contribution >= 4 is 17.7 Å². The van der Waals surface area contributed by atoms with E-state index in [2.05, 4.69) is 15.5 Å². The van der Waals surface area contributed by atoms with E-state index in [0.29, 0.717) is 16.5 Å². The van der Waals surface area contributed by atoms with E-state index in [1.807, 2.05) is 30.3 Å². The van der Waals surface area contributed by atoms with Crippen LogP contribution in [0, 0.1) is 5.82 Å². The maximum absolute atomic E-state index is 14.4. The highest BCUT2D eigenvalue weighted by Gasteiger charge is 2.20. The van der Waals surface area contributed by atoms with Crippen LogP contribution in [-0.2, 0) is 4.79 Å². The summed E-state index contributed by atoms with van der Waals surface area (Å²) in [7, 11) is 0. The number of hydrogen-bond acceptors (Lipinski definition) is 4. The number of amides is 1. The Morgan fingerprint density at radius 3 is 2.52 bits per heavy atom. The van der Waals surface area contributed by atoms with Crippen molar-refractivity contribution in [1.82, 2.24) is 20.1 Å². The Balaban J connectivity index is 1.57. The molecular weight excluding hydrogens is 387 g/mol. The summed E-state index contributed by atoms with van der Waals surface area (Å²) in [6, 6.07) is 16.3. The smallest absolute Gasteiger partial charge is 0.230 e. The Kier molecular flexibility index (Phi) is 6.24. The second kappa shape index (κ2) is 9.22. The third-order valence-corrected chi connectivity index (χ3v) is 5.99. The molecule has 1 amide bonds. The van der Waals surface area contributed by atoms with Gasteiger partial charge < -0.3 is 5.32 Å². The van der Waals surface area contributed by atoms with Gasteiger partial charge in [-0.3, -0.25) is 9.36 Å². The van der Waals surface area contributed by atoms with E-state index in [-0.39, 0.29) is 23.5 Å². The molecule has 29 heavy (non-hydrogen) atoms. The number of nitrogens with zero attached hydrogens (tertiary/aromatic N) is 3. The van der Waals surface area contributed by atoms with Crippen LogP contribution in [0.15, 0.2) is 59.8 Å². The number of rotatable bonds is 6. The Morgan fingerprint density at radius 1 is 1.03 bits per heavy atom. The molecule has 1 fully saturated rings. The Hall–Kier alpha value is -2.67. The summed E-state index contributed by atoms with van der Waals surface area (Å²) in [6.45, 7) is 0. The van der Waals surface area contributed by atoms with Crippen molar-refractivity contribution in [2.75, 3.05) is 5.75 Å². The molecule has 150 valence electrons. The average molecular weight is 411 g/mol. The summed E-state index contributed by atoms with van der Waals surface area (Å²) in [5.41, 5.74) is 1.20. The van der Waals surface area contributed by atoms with Gasteiger partial charge in [0, 0.05) is 11.7 Å². The number of carbonyl (C=O) groups is 1. The Bertz CT molecular complexity index is 970. The topological polar surface area (TPSA) is 59.8 Å². The van der Waals surface area contributed by atoms with Crippen LogP contribution in [0.2, 0.25) is 0 Å². The zero-order valence-electron chi connectivity index (χ0n) is 16.1. The first-order valence-corrected chi connectivity index (χ1v) is 10.9. The third-order valence-electron chi connectivity index (χ3n) is 5.07. The van der Waals surface area contributed by atoms with E-state index >= 15 is 0 Å². The van der Waals surface area contributed by atoms with Crippen LogP contribution in [0.25, 0.3) is 17.1 Å². The molecule has 3 aromatic rings. The zero-order valence-corrected chi connectivity index (χ0v) is 16.9. The third kappa shape index (κ3) is 4.67. The van der Waals surface area contributed by atoms with Gasteiger partial charge in [0.1, 0.15) is 5.82 Å². The van der Waals surface area contributed by atoms with Gasteiger partial charge in [-0.1, -0.05) is 61.4 Å². The molecular formula is C22H23FN4OS. The minimum absolute atomic E-state index is 0.00282. The van der Waals surface area contributed by atoms with Gasteiger partial charge in [0.15, 0.2) is 11.0 Å². The summed E-state index contributed by atoms with van der Waals surface area (Å²) in [5.74, 6) is 0.309.